The Bertz CT molecular complexity index is 598. The molecule has 21 heavy (non-hydrogen) atoms. The van der Waals surface area contributed by atoms with Gasteiger partial charge in [0.1, 0.15) is 6.10 Å². The first-order chi connectivity index (χ1) is 10.0. The Morgan fingerprint density at radius 3 is 2.57 bits per heavy atom. The van der Waals surface area contributed by atoms with Gasteiger partial charge in [-0.15, -0.1) is 11.3 Å². The average molecular weight is 314 g/mol. The molecular formula is C15H16F2O3S. The highest BCUT2D eigenvalue weighted by atomic mass is 32.1. The number of aliphatic hydroxyl groups excluding tert-OH is 1. The minimum absolute atomic E-state index is 0.0372. The molecule has 114 valence electrons. The topological polar surface area (TPSA) is 38.7 Å². The van der Waals surface area contributed by atoms with Crippen molar-refractivity contribution in [1.29, 1.82) is 0 Å². The molecule has 0 spiro atoms. The van der Waals surface area contributed by atoms with Gasteiger partial charge in [-0.25, -0.2) is 0 Å². The highest BCUT2D eigenvalue weighted by Gasteiger charge is 2.18. The van der Waals surface area contributed by atoms with Crippen LogP contribution in [0.4, 0.5) is 8.78 Å². The number of rotatable bonds is 6. The molecular weight excluding hydrogens is 298 g/mol. The van der Waals surface area contributed by atoms with Crippen molar-refractivity contribution in [2.45, 2.75) is 26.6 Å². The summed E-state index contributed by atoms with van der Waals surface area (Å²) >= 11 is 1.54. The van der Waals surface area contributed by atoms with Gasteiger partial charge in [-0.05, 0) is 48.6 Å². The molecule has 0 fully saturated rings. The van der Waals surface area contributed by atoms with Gasteiger partial charge < -0.3 is 14.6 Å². The van der Waals surface area contributed by atoms with Crippen molar-refractivity contribution in [1.82, 2.24) is 0 Å². The summed E-state index contributed by atoms with van der Waals surface area (Å²) in [5.74, 6) is 0.159. The van der Waals surface area contributed by atoms with Gasteiger partial charge in [0.15, 0.2) is 11.5 Å². The minimum Gasteiger partial charge on any atom is -0.490 e. The Kier molecular flexibility index (Phi) is 5.14. The largest absolute Gasteiger partial charge is 0.490 e. The van der Waals surface area contributed by atoms with E-state index in [4.69, 9.17) is 4.74 Å². The Balaban J connectivity index is 2.33. The standard InChI is InChI=1S/C15H16F2O3S/c1-3-19-13-8-10(4-5-12(13)20-15(16)17)14(18)11-6-7-21-9(11)2/h4-8,14-15,18H,3H2,1-2H3. The predicted octanol–water partition coefficient (Wildman–Crippen LogP) is 4.14. The van der Waals surface area contributed by atoms with Crippen molar-refractivity contribution in [3.8, 4) is 11.5 Å². The molecule has 1 aromatic heterocycles. The Morgan fingerprint density at radius 1 is 1.24 bits per heavy atom. The number of alkyl halides is 2. The SMILES string of the molecule is CCOc1cc(C(O)c2ccsc2C)ccc1OC(F)F. The van der Waals surface area contributed by atoms with E-state index in [-0.39, 0.29) is 11.5 Å². The molecule has 1 heterocycles. The van der Waals surface area contributed by atoms with Crippen LogP contribution >= 0.6 is 11.3 Å². The van der Waals surface area contributed by atoms with Gasteiger partial charge in [0.2, 0.25) is 0 Å². The van der Waals surface area contributed by atoms with E-state index in [1.54, 1.807) is 13.0 Å². The first-order valence-corrected chi connectivity index (χ1v) is 7.34. The molecule has 2 rings (SSSR count). The van der Waals surface area contributed by atoms with Crippen LogP contribution in [0.15, 0.2) is 29.6 Å². The summed E-state index contributed by atoms with van der Waals surface area (Å²) in [5.41, 5.74) is 1.37. The number of hydrogen-bond donors (Lipinski definition) is 1. The molecule has 0 saturated carbocycles. The van der Waals surface area contributed by atoms with Gasteiger partial charge in [0, 0.05) is 4.88 Å². The van der Waals surface area contributed by atoms with E-state index in [2.05, 4.69) is 4.74 Å². The van der Waals surface area contributed by atoms with Gasteiger partial charge >= 0.3 is 6.61 Å². The second kappa shape index (κ2) is 6.87. The maximum absolute atomic E-state index is 12.4. The van der Waals surface area contributed by atoms with Gasteiger partial charge in [-0.1, -0.05) is 6.07 Å². The Morgan fingerprint density at radius 2 is 2.00 bits per heavy atom. The van der Waals surface area contributed by atoms with Crippen LogP contribution < -0.4 is 9.47 Å². The number of thiophene rings is 1. The fourth-order valence-electron chi connectivity index (χ4n) is 2.01. The quantitative estimate of drug-likeness (QED) is 0.871. The van der Waals surface area contributed by atoms with Gasteiger partial charge in [-0.2, -0.15) is 8.78 Å². The molecule has 1 unspecified atom stereocenters. The lowest BCUT2D eigenvalue weighted by molar-refractivity contribution is -0.0514. The van der Waals surface area contributed by atoms with E-state index in [0.717, 1.165) is 10.4 Å². The van der Waals surface area contributed by atoms with Crippen LogP contribution in [-0.4, -0.2) is 18.3 Å². The van der Waals surface area contributed by atoms with Crippen LogP contribution in [0, 0.1) is 6.92 Å². The molecule has 0 bridgehead atoms. The predicted molar refractivity (Wildman–Crippen MR) is 77.4 cm³/mol. The van der Waals surface area contributed by atoms with Gasteiger partial charge in [-0.3, -0.25) is 0 Å². The van der Waals surface area contributed by atoms with Crippen LogP contribution in [0.5, 0.6) is 11.5 Å². The summed E-state index contributed by atoms with van der Waals surface area (Å²) in [4.78, 5) is 1.01. The molecule has 1 aromatic carbocycles. The second-order valence-electron chi connectivity index (χ2n) is 4.35. The molecule has 1 N–H and O–H groups in total. The first kappa shape index (κ1) is 15.7. The summed E-state index contributed by atoms with van der Waals surface area (Å²) in [5, 5.41) is 12.3. The van der Waals surface area contributed by atoms with E-state index < -0.39 is 12.7 Å². The number of hydrogen-bond acceptors (Lipinski definition) is 4. The average Bonchev–Trinajstić information content (AvgIpc) is 2.86. The molecule has 0 aliphatic rings. The fourth-order valence-corrected chi connectivity index (χ4v) is 2.75. The molecule has 3 nitrogen and oxygen atoms in total. The monoisotopic (exact) mass is 314 g/mol. The maximum atomic E-state index is 12.4. The second-order valence-corrected chi connectivity index (χ2v) is 5.47. The summed E-state index contributed by atoms with van der Waals surface area (Å²) in [6, 6.07) is 6.32. The minimum atomic E-state index is -2.92. The number of ether oxygens (including phenoxy) is 2. The smallest absolute Gasteiger partial charge is 0.387 e. The third kappa shape index (κ3) is 3.71. The zero-order chi connectivity index (χ0) is 15.4. The normalized spacial score (nSPS) is 12.5. The third-order valence-corrected chi connectivity index (χ3v) is 3.85. The molecule has 1 atom stereocenters. The van der Waals surface area contributed by atoms with E-state index in [1.165, 1.54) is 23.5 Å². The maximum Gasteiger partial charge on any atom is 0.387 e. The highest BCUT2D eigenvalue weighted by Crippen LogP contribution is 2.35. The van der Waals surface area contributed by atoms with Crippen molar-refractivity contribution >= 4 is 11.3 Å². The third-order valence-electron chi connectivity index (χ3n) is 2.99. The lowest BCUT2D eigenvalue weighted by atomic mass is 10.0. The summed E-state index contributed by atoms with van der Waals surface area (Å²) in [6.07, 6.45) is -0.823. The van der Waals surface area contributed by atoms with E-state index in [1.807, 2.05) is 18.4 Å². The Hall–Kier alpha value is -1.66. The summed E-state index contributed by atoms with van der Waals surface area (Å²) < 4.78 is 34.4. The van der Waals surface area contributed by atoms with E-state index >= 15 is 0 Å². The van der Waals surface area contributed by atoms with Gasteiger partial charge in [0.05, 0.1) is 6.61 Å². The molecule has 0 aliphatic carbocycles. The lowest BCUT2D eigenvalue weighted by Gasteiger charge is -2.16. The van der Waals surface area contributed by atoms with Crippen LogP contribution in [0.1, 0.15) is 29.0 Å². The first-order valence-electron chi connectivity index (χ1n) is 6.46. The summed E-state index contributed by atoms with van der Waals surface area (Å²) in [7, 11) is 0. The van der Waals surface area contributed by atoms with Crippen molar-refractivity contribution < 1.29 is 23.4 Å². The van der Waals surface area contributed by atoms with E-state index in [0.29, 0.717) is 12.2 Å². The van der Waals surface area contributed by atoms with Crippen LogP contribution in [0.3, 0.4) is 0 Å². The van der Waals surface area contributed by atoms with E-state index in [9.17, 15) is 13.9 Å². The zero-order valence-corrected chi connectivity index (χ0v) is 12.5. The number of halogens is 2. The molecule has 6 heteroatoms. The highest BCUT2D eigenvalue weighted by molar-refractivity contribution is 7.10. The number of aryl methyl sites for hydroxylation is 1. The van der Waals surface area contributed by atoms with Crippen molar-refractivity contribution in [3.05, 3.63) is 45.6 Å². The molecule has 0 aliphatic heterocycles. The summed E-state index contributed by atoms with van der Waals surface area (Å²) in [6.45, 7) is 1.06. The molecule has 0 radical (unpaired) electrons. The van der Waals surface area contributed by atoms with Crippen molar-refractivity contribution in [2.24, 2.45) is 0 Å². The van der Waals surface area contributed by atoms with Crippen LogP contribution in [0.2, 0.25) is 0 Å². The molecule has 2 aromatic rings. The zero-order valence-electron chi connectivity index (χ0n) is 11.7. The van der Waals surface area contributed by atoms with Crippen LogP contribution in [0.25, 0.3) is 0 Å². The number of aliphatic hydroxyl groups is 1. The van der Waals surface area contributed by atoms with Crippen molar-refractivity contribution in [2.75, 3.05) is 6.61 Å². The Labute approximate surface area is 125 Å². The molecule has 0 saturated heterocycles. The van der Waals surface area contributed by atoms with Crippen LogP contribution in [-0.2, 0) is 0 Å². The molecule has 0 amide bonds. The fraction of sp³-hybridized carbons (Fsp3) is 0.333. The van der Waals surface area contributed by atoms with Gasteiger partial charge in [0.25, 0.3) is 0 Å². The van der Waals surface area contributed by atoms with Crippen molar-refractivity contribution in [3.63, 3.8) is 0 Å². The lowest BCUT2D eigenvalue weighted by Crippen LogP contribution is -2.06. The number of benzene rings is 1.